The summed E-state index contributed by atoms with van der Waals surface area (Å²) in [6, 6.07) is 23.9. The molecule has 0 saturated carbocycles. The number of aliphatic hydroxyl groups is 1. The van der Waals surface area contributed by atoms with Crippen LogP contribution in [0.25, 0.3) is 5.76 Å². The summed E-state index contributed by atoms with van der Waals surface area (Å²) in [4.78, 5) is 28.0. The minimum atomic E-state index is -0.733. The zero-order chi connectivity index (χ0) is 21.1. The van der Waals surface area contributed by atoms with Crippen LogP contribution in [-0.4, -0.2) is 32.8 Å². The number of hydrogen-bond donors (Lipinski definition) is 2. The van der Waals surface area contributed by atoms with Gasteiger partial charge in [-0.3, -0.25) is 9.59 Å². The molecule has 3 aromatic rings. The molecule has 5 heteroatoms. The van der Waals surface area contributed by atoms with Gasteiger partial charge in [-0.2, -0.15) is 0 Å². The second-order valence-corrected chi connectivity index (χ2v) is 7.26. The zero-order valence-electron chi connectivity index (χ0n) is 16.2. The Balaban J connectivity index is 1.73. The molecule has 4 rings (SSSR count). The summed E-state index contributed by atoms with van der Waals surface area (Å²) in [5.74, 6) is -1.03. The smallest absolute Gasteiger partial charge is 0.262 e. The summed E-state index contributed by atoms with van der Waals surface area (Å²) in [6.45, 7) is 0.264. The molecule has 0 bridgehead atoms. The Bertz CT molecular complexity index is 1090. The average molecular weight is 399 g/mol. The molecule has 1 amide bonds. The van der Waals surface area contributed by atoms with E-state index in [1.54, 1.807) is 54.6 Å². The Morgan fingerprint density at radius 3 is 2.03 bits per heavy atom. The minimum absolute atomic E-state index is 0.135. The summed E-state index contributed by atoms with van der Waals surface area (Å²) >= 11 is 0. The fraction of sp³-hybridized carbons (Fsp3) is 0.120. The summed E-state index contributed by atoms with van der Waals surface area (Å²) < 4.78 is 0. The van der Waals surface area contributed by atoms with Gasteiger partial charge in [0.1, 0.15) is 23.1 Å². The molecule has 0 aliphatic carbocycles. The number of carbonyl (C=O) groups excluding carboxylic acids is 2. The number of amides is 1. The van der Waals surface area contributed by atoms with Crippen molar-refractivity contribution < 1.29 is 19.8 Å². The Kier molecular flexibility index (Phi) is 5.35. The molecule has 1 heterocycles. The van der Waals surface area contributed by atoms with Crippen molar-refractivity contribution in [1.29, 1.82) is 0 Å². The number of rotatable bonds is 5. The number of Topliss-reactive ketones (excluding diaryl/α,β-unsaturated/α-hetero) is 1. The molecule has 1 aliphatic rings. The van der Waals surface area contributed by atoms with E-state index in [2.05, 4.69) is 0 Å². The van der Waals surface area contributed by atoms with Gasteiger partial charge in [0, 0.05) is 18.5 Å². The molecule has 2 N–H and O–H groups in total. The number of ketones is 1. The van der Waals surface area contributed by atoms with E-state index in [1.165, 1.54) is 4.90 Å². The molecular weight excluding hydrogens is 378 g/mol. The van der Waals surface area contributed by atoms with Crippen LogP contribution in [0.5, 0.6) is 5.75 Å². The average Bonchev–Trinajstić information content (AvgIpc) is 3.00. The van der Waals surface area contributed by atoms with Crippen molar-refractivity contribution >= 4 is 17.4 Å². The maximum atomic E-state index is 13.3. The van der Waals surface area contributed by atoms with Crippen LogP contribution in [0.2, 0.25) is 0 Å². The van der Waals surface area contributed by atoms with E-state index in [4.69, 9.17) is 0 Å². The van der Waals surface area contributed by atoms with Crippen molar-refractivity contribution in [2.45, 2.75) is 19.0 Å². The van der Waals surface area contributed by atoms with Crippen LogP contribution in [0, 0.1) is 0 Å². The highest BCUT2D eigenvalue weighted by molar-refractivity contribution is 6.30. The van der Waals surface area contributed by atoms with Crippen LogP contribution in [0.4, 0.5) is 0 Å². The molecule has 150 valence electrons. The number of nitrogens with zero attached hydrogens (tertiary/aromatic N) is 1. The van der Waals surface area contributed by atoms with E-state index in [0.717, 1.165) is 11.1 Å². The molecule has 5 nitrogen and oxygen atoms in total. The van der Waals surface area contributed by atoms with Gasteiger partial charge in [0.15, 0.2) is 5.78 Å². The van der Waals surface area contributed by atoms with E-state index in [0.29, 0.717) is 12.0 Å². The SMILES string of the molecule is O=C1/C(=C(\O)c2ccccc2)C(=O)N(Cc2ccccc2)[C@H]1Cc1ccc(O)cc1. The Labute approximate surface area is 174 Å². The highest BCUT2D eigenvalue weighted by Gasteiger charge is 2.45. The maximum absolute atomic E-state index is 13.3. The van der Waals surface area contributed by atoms with E-state index < -0.39 is 17.7 Å². The lowest BCUT2D eigenvalue weighted by Gasteiger charge is -2.23. The number of aromatic hydroxyl groups is 1. The molecule has 1 fully saturated rings. The third-order valence-electron chi connectivity index (χ3n) is 5.25. The van der Waals surface area contributed by atoms with Crippen LogP contribution < -0.4 is 0 Å². The van der Waals surface area contributed by atoms with Gasteiger partial charge in [0.25, 0.3) is 5.91 Å². The Morgan fingerprint density at radius 2 is 1.40 bits per heavy atom. The molecular formula is C25H21NO4. The second kappa shape index (κ2) is 8.25. The first-order chi connectivity index (χ1) is 14.5. The topological polar surface area (TPSA) is 77.8 Å². The van der Waals surface area contributed by atoms with E-state index in [9.17, 15) is 19.8 Å². The number of phenols is 1. The van der Waals surface area contributed by atoms with Crippen molar-refractivity contribution in [2.24, 2.45) is 0 Å². The van der Waals surface area contributed by atoms with Gasteiger partial charge in [-0.05, 0) is 23.3 Å². The normalized spacial score (nSPS) is 18.0. The van der Waals surface area contributed by atoms with Crippen molar-refractivity contribution in [3.8, 4) is 5.75 Å². The highest BCUT2D eigenvalue weighted by Crippen LogP contribution is 2.30. The van der Waals surface area contributed by atoms with E-state index in [-0.39, 0.29) is 23.6 Å². The molecule has 3 aromatic carbocycles. The molecule has 1 saturated heterocycles. The molecule has 1 atom stereocenters. The predicted octanol–water partition coefficient (Wildman–Crippen LogP) is 3.88. The van der Waals surface area contributed by atoms with Crippen LogP contribution in [0.3, 0.4) is 0 Å². The third-order valence-corrected chi connectivity index (χ3v) is 5.25. The lowest BCUT2D eigenvalue weighted by Crippen LogP contribution is -2.36. The lowest BCUT2D eigenvalue weighted by molar-refractivity contribution is -0.127. The van der Waals surface area contributed by atoms with E-state index in [1.807, 2.05) is 30.3 Å². The highest BCUT2D eigenvalue weighted by atomic mass is 16.3. The van der Waals surface area contributed by atoms with Gasteiger partial charge in [-0.1, -0.05) is 72.8 Å². The van der Waals surface area contributed by atoms with Gasteiger partial charge in [-0.25, -0.2) is 0 Å². The number of phenolic OH excluding ortho intramolecular Hbond substituents is 1. The zero-order valence-corrected chi connectivity index (χ0v) is 16.2. The van der Waals surface area contributed by atoms with Crippen LogP contribution in [-0.2, 0) is 22.6 Å². The number of benzene rings is 3. The standard InChI is InChI=1S/C25H21NO4/c27-20-13-11-17(12-14-20)15-21-24(29)22(23(28)19-9-5-2-6-10-19)25(30)26(21)16-18-7-3-1-4-8-18/h1-14,21,27-28H,15-16H2/b23-22+/t21-/m0/s1. The quantitative estimate of drug-likeness (QED) is 0.388. The fourth-order valence-electron chi connectivity index (χ4n) is 3.68. The summed E-state index contributed by atoms with van der Waals surface area (Å²) in [6.07, 6.45) is 0.295. The minimum Gasteiger partial charge on any atom is -0.508 e. The molecule has 30 heavy (non-hydrogen) atoms. The number of likely N-dealkylation sites (tertiary alicyclic amines) is 1. The van der Waals surface area contributed by atoms with Crippen LogP contribution in [0.1, 0.15) is 16.7 Å². The van der Waals surface area contributed by atoms with Crippen molar-refractivity contribution in [3.05, 3.63) is 107 Å². The molecule has 0 aromatic heterocycles. The van der Waals surface area contributed by atoms with Gasteiger partial charge < -0.3 is 15.1 Å². The maximum Gasteiger partial charge on any atom is 0.262 e. The van der Waals surface area contributed by atoms with E-state index >= 15 is 0 Å². The summed E-state index contributed by atoms with van der Waals surface area (Å²) in [5.41, 5.74) is 1.97. The van der Waals surface area contributed by atoms with Crippen LogP contribution >= 0.6 is 0 Å². The molecule has 0 spiro atoms. The first-order valence-corrected chi connectivity index (χ1v) is 9.70. The molecule has 0 unspecified atom stereocenters. The van der Waals surface area contributed by atoms with Crippen LogP contribution in [0.15, 0.2) is 90.5 Å². The summed E-state index contributed by atoms with van der Waals surface area (Å²) in [5, 5.41) is 20.3. The van der Waals surface area contributed by atoms with Crippen molar-refractivity contribution in [2.75, 3.05) is 0 Å². The first kappa shape index (κ1) is 19.5. The van der Waals surface area contributed by atoms with Crippen molar-refractivity contribution in [3.63, 3.8) is 0 Å². The molecule has 0 radical (unpaired) electrons. The lowest BCUT2D eigenvalue weighted by atomic mass is 9.99. The Morgan fingerprint density at radius 1 is 0.800 bits per heavy atom. The number of aliphatic hydroxyl groups excluding tert-OH is 1. The largest absolute Gasteiger partial charge is 0.508 e. The number of hydrogen-bond acceptors (Lipinski definition) is 4. The van der Waals surface area contributed by atoms with Gasteiger partial charge in [0.05, 0.1) is 0 Å². The van der Waals surface area contributed by atoms with Crippen molar-refractivity contribution in [1.82, 2.24) is 4.90 Å². The number of carbonyl (C=O) groups is 2. The fourth-order valence-corrected chi connectivity index (χ4v) is 3.68. The third kappa shape index (κ3) is 3.82. The second-order valence-electron chi connectivity index (χ2n) is 7.26. The van der Waals surface area contributed by atoms with Gasteiger partial charge in [0.2, 0.25) is 0 Å². The van der Waals surface area contributed by atoms with Gasteiger partial charge in [-0.15, -0.1) is 0 Å². The Hall–Kier alpha value is -3.86. The van der Waals surface area contributed by atoms with Gasteiger partial charge >= 0.3 is 0 Å². The monoisotopic (exact) mass is 399 g/mol. The predicted molar refractivity (Wildman–Crippen MR) is 114 cm³/mol. The first-order valence-electron chi connectivity index (χ1n) is 9.70. The molecule has 1 aliphatic heterocycles. The summed E-state index contributed by atoms with van der Waals surface area (Å²) in [7, 11) is 0.